The van der Waals surface area contributed by atoms with E-state index in [4.69, 9.17) is 5.11 Å². The molecule has 0 aliphatic carbocycles. The summed E-state index contributed by atoms with van der Waals surface area (Å²) in [4.78, 5) is 22.8. The summed E-state index contributed by atoms with van der Waals surface area (Å²) >= 11 is 0. The van der Waals surface area contributed by atoms with Gasteiger partial charge in [-0.25, -0.2) is 9.59 Å². The highest BCUT2D eigenvalue weighted by atomic mass is 16.4. The second-order valence-corrected chi connectivity index (χ2v) is 5.08. The van der Waals surface area contributed by atoms with E-state index in [2.05, 4.69) is 0 Å². The number of carboxylic acid groups (broad SMARTS) is 1. The maximum atomic E-state index is 12.2. The average molecular weight is 286 g/mol. The lowest BCUT2D eigenvalue weighted by Gasteiger charge is -2.07. The molecule has 0 radical (unpaired) electrons. The summed E-state index contributed by atoms with van der Waals surface area (Å²) in [7, 11) is 0. The predicted octanol–water partition coefficient (Wildman–Crippen LogP) is 2.38. The average Bonchev–Trinajstić information content (AvgIpc) is 2.79. The van der Waals surface area contributed by atoms with Crippen LogP contribution in [0.2, 0.25) is 0 Å². The van der Waals surface area contributed by atoms with Crippen LogP contribution in [0.3, 0.4) is 0 Å². The van der Waals surface area contributed by atoms with Crippen LogP contribution in [0.5, 0.6) is 0 Å². The molecule has 0 unspecified atom stereocenters. The van der Waals surface area contributed by atoms with Crippen molar-refractivity contribution in [2.45, 2.75) is 26.4 Å². The second kappa shape index (κ2) is 6.26. The van der Waals surface area contributed by atoms with E-state index in [0.29, 0.717) is 6.54 Å². The molecule has 0 bridgehead atoms. The molecule has 1 heterocycles. The number of carbonyl (C=O) groups is 1. The van der Waals surface area contributed by atoms with E-state index in [-0.39, 0.29) is 11.7 Å². The van der Waals surface area contributed by atoms with Crippen molar-refractivity contribution in [3.8, 4) is 0 Å². The molecular weight excluding hydrogens is 268 g/mol. The van der Waals surface area contributed by atoms with Crippen molar-refractivity contribution in [3.05, 3.63) is 64.3 Å². The monoisotopic (exact) mass is 286 g/mol. The Labute approximate surface area is 122 Å². The Kier molecular flexibility index (Phi) is 4.42. The number of aliphatic carboxylic acids is 1. The Balaban J connectivity index is 2.32. The van der Waals surface area contributed by atoms with Gasteiger partial charge in [-0.1, -0.05) is 24.3 Å². The lowest BCUT2D eigenvalue weighted by Crippen LogP contribution is -2.25. The Bertz CT molecular complexity index is 723. The van der Waals surface area contributed by atoms with Crippen LogP contribution in [0.15, 0.2) is 47.5 Å². The number of hydrogen-bond donors (Lipinski definition) is 1. The first kappa shape index (κ1) is 14.8. The van der Waals surface area contributed by atoms with E-state index in [1.807, 2.05) is 38.1 Å². The molecule has 1 aromatic carbocycles. The minimum Gasteiger partial charge on any atom is -0.478 e. The van der Waals surface area contributed by atoms with Crippen molar-refractivity contribution in [1.29, 1.82) is 0 Å². The highest BCUT2D eigenvalue weighted by molar-refractivity contribution is 5.85. The number of imidazole rings is 1. The highest BCUT2D eigenvalue weighted by Crippen LogP contribution is 2.12. The maximum absolute atomic E-state index is 12.2. The molecule has 1 aromatic heterocycles. The third-order valence-corrected chi connectivity index (χ3v) is 3.23. The summed E-state index contributed by atoms with van der Waals surface area (Å²) in [6.45, 7) is 4.32. The summed E-state index contributed by atoms with van der Waals surface area (Å²) in [6.07, 6.45) is 6.16. The normalized spacial score (nSPS) is 11.4. The Morgan fingerprint density at radius 2 is 2.00 bits per heavy atom. The lowest BCUT2D eigenvalue weighted by molar-refractivity contribution is -0.131. The third-order valence-electron chi connectivity index (χ3n) is 3.23. The van der Waals surface area contributed by atoms with Crippen LogP contribution in [0.25, 0.3) is 6.08 Å². The zero-order valence-corrected chi connectivity index (χ0v) is 12.1. The number of hydrogen-bond acceptors (Lipinski definition) is 2. The van der Waals surface area contributed by atoms with Crippen LogP contribution >= 0.6 is 0 Å². The fourth-order valence-electron chi connectivity index (χ4n) is 2.13. The molecule has 0 atom stereocenters. The van der Waals surface area contributed by atoms with E-state index in [1.54, 1.807) is 27.6 Å². The first-order valence-electron chi connectivity index (χ1n) is 6.75. The lowest BCUT2D eigenvalue weighted by atomic mass is 10.1. The van der Waals surface area contributed by atoms with Gasteiger partial charge in [-0.15, -0.1) is 0 Å². The van der Waals surface area contributed by atoms with Gasteiger partial charge in [0.05, 0.1) is 6.54 Å². The molecule has 5 heteroatoms. The molecule has 2 aromatic rings. The van der Waals surface area contributed by atoms with Gasteiger partial charge in [0.1, 0.15) is 0 Å². The van der Waals surface area contributed by atoms with Gasteiger partial charge < -0.3 is 5.11 Å². The zero-order valence-electron chi connectivity index (χ0n) is 12.1. The summed E-state index contributed by atoms with van der Waals surface area (Å²) in [5.41, 5.74) is 1.63. The Morgan fingerprint density at radius 3 is 2.62 bits per heavy atom. The van der Waals surface area contributed by atoms with E-state index in [1.165, 1.54) is 0 Å². The van der Waals surface area contributed by atoms with Gasteiger partial charge in [0.15, 0.2) is 0 Å². The van der Waals surface area contributed by atoms with Crippen LogP contribution in [0.4, 0.5) is 0 Å². The quantitative estimate of drug-likeness (QED) is 0.858. The van der Waals surface area contributed by atoms with Crippen molar-refractivity contribution in [2.24, 2.45) is 0 Å². The fraction of sp³-hybridized carbons (Fsp3) is 0.250. The molecule has 5 nitrogen and oxygen atoms in total. The van der Waals surface area contributed by atoms with Crippen LogP contribution in [0, 0.1) is 0 Å². The van der Waals surface area contributed by atoms with Crippen LogP contribution in [0.1, 0.15) is 31.0 Å². The maximum Gasteiger partial charge on any atom is 0.328 e. The molecule has 0 aliphatic rings. The molecular formula is C16H18N2O3. The second-order valence-electron chi connectivity index (χ2n) is 5.08. The number of rotatable bonds is 5. The van der Waals surface area contributed by atoms with E-state index in [0.717, 1.165) is 17.2 Å². The van der Waals surface area contributed by atoms with Gasteiger partial charge in [-0.05, 0) is 31.1 Å². The molecule has 0 saturated carbocycles. The van der Waals surface area contributed by atoms with Crippen molar-refractivity contribution < 1.29 is 9.90 Å². The Hall–Kier alpha value is -2.56. The fourth-order valence-corrected chi connectivity index (χ4v) is 2.13. The van der Waals surface area contributed by atoms with Gasteiger partial charge in [0, 0.05) is 24.5 Å². The Morgan fingerprint density at radius 1 is 1.29 bits per heavy atom. The molecule has 0 amide bonds. The molecule has 0 saturated heterocycles. The predicted molar refractivity (Wildman–Crippen MR) is 81.3 cm³/mol. The van der Waals surface area contributed by atoms with Gasteiger partial charge in [0.2, 0.25) is 0 Å². The summed E-state index contributed by atoms with van der Waals surface area (Å²) < 4.78 is 3.28. The van der Waals surface area contributed by atoms with E-state index < -0.39 is 5.97 Å². The van der Waals surface area contributed by atoms with Crippen LogP contribution < -0.4 is 5.69 Å². The van der Waals surface area contributed by atoms with Crippen molar-refractivity contribution >= 4 is 12.0 Å². The summed E-state index contributed by atoms with van der Waals surface area (Å²) in [6, 6.07) is 7.55. The smallest absolute Gasteiger partial charge is 0.328 e. The third kappa shape index (κ3) is 3.51. The van der Waals surface area contributed by atoms with Crippen LogP contribution in [-0.2, 0) is 11.3 Å². The van der Waals surface area contributed by atoms with E-state index >= 15 is 0 Å². The molecule has 0 fully saturated rings. The minimum absolute atomic E-state index is 0.0676. The molecule has 0 spiro atoms. The molecule has 1 N–H and O–H groups in total. The van der Waals surface area contributed by atoms with Crippen LogP contribution in [-0.4, -0.2) is 20.2 Å². The topological polar surface area (TPSA) is 64.2 Å². The molecule has 21 heavy (non-hydrogen) atoms. The van der Waals surface area contributed by atoms with Gasteiger partial charge in [0.25, 0.3) is 0 Å². The zero-order chi connectivity index (χ0) is 15.4. The first-order valence-corrected chi connectivity index (χ1v) is 6.75. The highest BCUT2D eigenvalue weighted by Gasteiger charge is 2.08. The largest absolute Gasteiger partial charge is 0.478 e. The molecule has 110 valence electrons. The molecule has 0 aliphatic heterocycles. The van der Waals surface area contributed by atoms with Gasteiger partial charge in [-0.2, -0.15) is 0 Å². The number of nitrogens with zero attached hydrogens (tertiary/aromatic N) is 2. The number of aromatic nitrogens is 2. The summed E-state index contributed by atoms with van der Waals surface area (Å²) in [5, 5.41) is 8.72. The van der Waals surface area contributed by atoms with Crippen molar-refractivity contribution in [3.63, 3.8) is 0 Å². The molecule has 2 rings (SSSR count). The first-order chi connectivity index (χ1) is 9.99. The SMILES string of the molecule is CC(C)n1ccn(Cc2ccccc2/C=C/C(=O)O)c1=O. The number of benzene rings is 1. The van der Waals surface area contributed by atoms with E-state index in [9.17, 15) is 9.59 Å². The van der Waals surface area contributed by atoms with Crippen molar-refractivity contribution in [1.82, 2.24) is 9.13 Å². The summed E-state index contributed by atoms with van der Waals surface area (Å²) in [5.74, 6) is -0.993. The standard InChI is InChI=1S/C16H18N2O3/c1-12(2)18-10-9-17(16(18)21)11-14-6-4-3-5-13(14)7-8-15(19)20/h3-10,12H,11H2,1-2H3,(H,19,20)/b8-7+. The number of carboxylic acids is 1. The van der Waals surface area contributed by atoms with Gasteiger partial charge >= 0.3 is 11.7 Å². The van der Waals surface area contributed by atoms with Crippen molar-refractivity contribution in [2.75, 3.05) is 0 Å². The van der Waals surface area contributed by atoms with Gasteiger partial charge in [-0.3, -0.25) is 9.13 Å². The minimum atomic E-state index is -0.993.